The number of carbonyl (C=O) groups is 1. The number of nitrogens with zero attached hydrogens (tertiary/aromatic N) is 2. The Morgan fingerprint density at radius 1 is 1.25 bits per heavy atom. The highest BCUT2D eigenvalue weighted by atomic mass is 32.2. The smallest absolute Gasteiger partial charge is 0.224 e. The van der Waals surface area contributed by atoms with Crippen LogP contribution in [0.2, 0.25) is 0 Å². The van der Waals surface area contributed by atoms with Crippen molar-refractivity contribution in [3.05, 3.63) is 0 Å². The molecule has 1 aliphatic heterocycles. The van der Waals surface area contributed by atoms with Gasteiger partial charge in [-0.15, -0.1) is 0 Å². The molecule has 1 aliphatic rings. The van der Waals surface area contributed by atoms with Crippen molar-refractivity contribution in [1.82, 2.24) is 9.21 Å². The minimum Gasteiger partial charge on any atom is -0.340 e. The van der Waals surface area contributed by atoms with Crippen molar-refractivity contribution in [2.24, 2.45) is 0 Å². The number of rotatable bonds is 7. The molecule has 1 unspecified atom stereocenters. The third-order valence-electron chi connectivity index (χ3n) is 3.94. The van der Waals surface area contributed by atoms with Crippen molar-refractivity contribution in [2.75, 3.05) is 25.9 Å². The van der Waals surface area contributed by atoms with Crippen molar-refractivity contribution >= 4 is 15.9 Å². The van der Waals surface area contributed by atoms with Gasteiger partial charge in [0, 0.05) is 32.1 Å². The quantitative estimate of drug-likeness (QED) is 0.721. The van der Waals surface area contributed by atoms with Gasteiger partial charge in [0.2, 0.25) is 15.9 Å². The summed E-state index contributed by atoms with van der Waals surface area (Å²) in [5, 5.41) is 0. The van der Waals surface area contributed by atoms with E-state index in [4.69, 9.17) is 0 Å². The van der Waals surface area contributed by atoms with Crippen LogP contribution in [0.15, 0.2) is 0 Å². The van der Waals surface area contributed by atoms with E-state index in [1.807, 2.05) is 11.8 Å². The molecule has 0 N–H and O–H groups in total. The van der Waals surface area contributed by atoms with E-state index < -0.39 is 10.0 Å². The molecule has 1 fully saturated rings. The van der Waals surface area contributed by atoms with Crippen molar-refractivity contribution in [2.45, 2.75) is 58.4 Å². The van der Waals surface area contributed by atoms with Crippen LogP contribution >= 0.6 is 0 Å². The highest BCUT2D eigenvalue weighted by molar-refractivity contribution is 7.88. The Kier molecular flexibility index (Phi) is 6.95. The van der Waals surface area contributed by atoms with Crippen LogP contribution in [0.25, 0.3) is 0 Å². The normalized spacial score (nSPS) is 20.4. The predicted octanol–water partition coefficient (Wildman–Crippen LogP) is 1.84. The van der Waals surface area contributed by atoms with Gasteiger partial charge in [0.05, 0.1) is 6.26 Å². The van der Waals surface area contributed by atoms with Crippen molar-refractivity contribution in [3.8, 4) is 0 Å². The van der Waals surface area contributed by atoms with Crippen LogP contribution in [-0.2, 0) is 14.8 Å². The molecule has 1 saturated heterocycles. The minimum atomic E-state index is -3.21. The van der Waals surface area contributed by atoms with Gasteiger partial charge < -0.3 is 4.90 Å². The molecular weight excluding hydrogens is 276 g/mol. The van der Waals surface area contributed by atoms with Crippen molar-refractivity contribution in [1.29, 1.82) is 0 Å². The third-order valence-corrected chi connectivity index (χ3v) is 5.24. The molecule has 0 aromatic carbocycles. The summed E-state index contributed by atoms with van der Waals surface area (Å²) in [5.74, 6) is 0.0984. The molecule has 5 nitrogen and oxygen atoms in total. The van der Waals surface area contributed by atoms with Gasteiger partial charge in [-0.3, -0.25) is 4.79 Å². The fourth-order valence-electron chi connectivity index (χ4n) is 2.81. The summed E-state index contributed by atoms with van der Waals surface area (Å²) in [6.07, 6.45) is 6.58. The summed E-state index contributed by atoms with van der Waals surface area (Å²) in [5.41, 5.74) is 0. The topological polar surface area (TPSA) is 57.7 Å². The maximum Gasteiger partial charge on any atom is 0.224 e. The molecule has 0 aliphatic carbocycles. The van der Waals surface area contributed by atoms with Gasteiger partial charge >= 0.3 is 0 Å². The largest absolute Gasteiger partial charge is 0.340 e. The summed E-state index contributed by atoms with van der Waals surface area (Å²) in [7, 11) is -3.21. The first-order chi connectivity index (χ1) is 9.40. The van der Waals surface area contributed by atoms with Crippen LogP contribution in [0.4, 0.5) is 0 Å². The Labute approximate surface area is 123 Å². The van der Waals surface area contributed by atoms with Gasteiger partial charge in [0.25, 0.3) is 0 Å². The number of sulfonamides is 1. The van der Waals surface area contributed by atoms with Crippen LogP contribution in [0.3, 0.4) is 0 Å². The van der Waals surface area contributed by atoms with Crippen LogP contribution in [0.5, 0.6) is 0 Å². The molecule has 6 heteroatoms. The highest BCUT2D eigenvalue weighted by Gasteiger charge is 2.26. The second-order valence-electron chi connectivity index (χ2n) is 5.56. The zero-order valence-corrected chi connectivity index (χ0v) is 13.8. The van der Waals surface area contributed by atoms with Crippen LogP contribution in [0.1, 0.15) is 52.4 Å². The van der Waals surface area contributed by atoms with E-state index in [-0.39, 0.29) is 5.91 Å². The first-order valence-corrected chi connectivity index (χ1v) is 9.49. The van der Waals surface area contributed by atoms with Gasteiger partial charge in [0.1, 0.15) is 0 Å². The summed E-state index contributed by atoms with van der Waals surface area (Å²) in [6.45, 7) is 5.67. The zero-order chi connectivity index (χ0) is 15.2. The standard InChI is InChI=1S/C14H28N2O3S/c1-4-10-15(20(3,18)19)12-9-14(17)16-11-7-6-8-13(16)5-2/h13H,4-12H2,1-3H3. The summed E-state index contributed by atoms with van der Waals surface area (Å²) < 4.78 is 24.7. The third kappa shape index (κ3) is 5.05. The Balaban J connectivity index is 2.56. The van der Waals surface area contributed by atoms with E-state index in [2.05, 4.69) is 6.92 Å². The van der Waals surface area contributed by atoms with Crippen molar-refractivity contribution < 1.29 is 13.2 Å². The lowest BCUT2D eigenvalue weighted by Gasteiger charge is -2.35. The number of amides is 1. The SMILES string of the molecule is CCCN(CCC(=O)N1CCCCC1CC)S(C)(=O)=O. The van der Waals surface area contributed by atoms with Gasteiger partial charge in [-0.25, -0.2) is 12.7 Å². The average Bonchev–Trinajstić information content (AvgIpc) is 2.41. The lowest BCUT2D eigenvalue weighted by atomic mass is 9.99. The Morgan fingerprint density at radius 3 is 2.50 bits per heavy atom. The van der Waals surface area contributed by atoms with Gasteiger partial charge in [-0.1, -0.05) is 13.8 Å². The minimum absolute atomic E-state index is 0.0984. The fraction of sp³-hybridized carbons (Fsp3) is 0.929. The Morgan fingerprint density at radius 2 is 1.95 bits per heavy atom. The van der Waals surface area contributed by atoms with E-state index in [1.165, 1.54) is 17.0 Å². The first-order valence-electron chi connectivity index (χ1n) is 7.64. The Hall–Kier alpha value is -0.620. The second-order valence-corrected chi connectivity index (χ2v) is 7.54. The lowest BCUT2D eigenvalue weighted by molar-refractivity contribution is -0.135. The molecule has 20 heavy (non-hydrogen) atoms. The van der Waals surface area contributed by atoms with Crippen molar-refractivity contribution in [3.63, 3.8) is 0 Å². The average molecular weight is 304 g/mol. The molecule has 0 bridgehead atoms. The van der Waals surface area contributed by atoms with Gasteiger partial charge in [-0.05, 0) is 32.1 Å². The van der Waals surface area contributed by atoms with Crippen LogP contribution in [0, 0.1) is 0 Å². The van der Waals surface area contributed by atoms with Crippen LogP contribution in [-0.4, -0.2) is 55.5 Å². The number of piperidine rings is 1. The fourth-order valence-corrected chi connectivity index (χ4v) is 3.75. The Bertz CT molecular complexity index is 409. The lowest BCUT2D eigenvalue weighted by Crippen LogP contribution is -2.44. The summed E-state index contributed by atoms with van der Waals surface area (Å²) in [4.78, 5) is 14.3. The molecule has 0 saturated carbocycles. The zero-order valence-electron chi connectivity index (χ0n) is 13.0. The monoisotopic (exact) mass is 304 g/mol. The molecular formula is C14H28N2O3S. The number of likely N-dealkylation sites (tertiary alicyclic amines) is 1. The summed E-state index contributed by atoms with van der Waals surface area (Å²) in [6, 6.07) is 0.342. The molecule has 0 radical (unpaired) electrons. The number of carbonyl (C=O) groups excluding carboxylic acids is 1. The molecule has 118 valence electrons. The van der Waals surface area contributed by atoms with E-state index in [9.17, 15) is 13.2 Å². The molecule has 1 amide bonds. The maximum absolute atomic E-state index is 12.3. The molecule has 1 atom stereocenters. The van der Waals surface area contributed by atoms with E-state index in [1.54, 1.807) is 0 Å². The molecule has 1 heterocycles. The number of hydrogen-bond acceptors (Lipinski definition) is 3. The van der Waals surface area contributed by atoms with E-state index in [0.717, 1.165) is 32.2 Å². The van der Waals surface area contributed by atoms with Gasteiger partial charge in [-0.2, -0.15) is 0 Å². The molecule has 0 spiro atoms. The number of hydrogen-bond donors (Lipinski definition) is 0. The van der Waals surface area contributed by atoms with Gasteiger partial charge in [0.15, 0.2) is 0 Å². The maximum atomic E-state index is 12.3. The molecule has 1 rings (SSSR count). The summed E-state index contributed by atoms with van der Waals surface area (Å²) >= 11 is 0. The van der Waals surface area contributed by atoms with E-state index in [0.29, 0.717) is 25.6 Å². The molecule has 0 aromatic rings. The van der Waals surface area contributed by atoms with E-state index >= 15 is 0 Å². The second kappa shape index (κ2) is 7.98. The highest BCUT2D eigenvalue weighted by Crippen LogP contribution is 2.20. The van der Waals surface area contributed by atoms with Crippen LogP contribution < -0.4 is 0 Å². The molecule has 0 aromatic heterocycles. The first kappa shape index (κ1) is 17.4. The predicted molar refractivity (Wildman–Crippen MR) is 81.0 cm³/mol.